The predicted molar refractivity (Wildman–Crippen MR) is 109 cm³/mol. The zero-order chi connectivity index (χ0) is 19.8. The highest BCUT2D eigenvalue weighted by molar-refractivity contribution is 5.82. The Morgan fingerprint density at radius 1 is 0.964 bits per heavy atom. The van der Waals surface area contributed by atoms with Crippen molar-refractivity contribution in [1.82, 2.24) is 5.32 Å². The van der Waals surface area contributed by atoms with Crippen LogP contribution in [0.25, 0.3) is 5.57 Å². The summed E-state index contributed by atoms with van der Waals surface area (Å²) in [5.41, 5.74) is 3.91. The number of hydrogen-bond donors (Lipinski definition) is 1. The Morgan fingerprint density at radius 2 is 1.71 bits per heavy atom. The summed E-state index contributed by atoms with van der Waals surface area (Å²) in [6.07, 6.45) is 7.59. The van der Waals surface area contributed by atoms with Crippen molar-refractivity contribution in [3.05, 3.63) is 101 Å². The molecule has 0 amide bonds. The summed E-state index contributed by atoms with van der Waals surface area (Å²) in [7, 11) is 0. The van der Waals surface area contributed by atoms with E-state index in [1.165, 1.54) is 28.8 Å². The predicted octanol–water partition coefficient (Wildman–Crippen LogP) is 6.55. The lowest BCUT2D eigenvalue weighted by atomic mass is 9.93. The molecule has 4 heteroatoms. The van der Waals surface area contributed by atoms with Crippen LogP contribution >= 0.6 is 0 Å². The van der Waals surface area contributed by atoms with E-state index < -0.39 is 11.7 Å². The average Bonchev–Trinajstić information content (AvgIpc) is 2.72. The molecule has 0 heterocycles. The zero-order valence-corrected chi connectivity index (χ0v) is 15.7. The highest BCUT2D eigenvalue weighted by atomic mass is 19.4. The SMILES string of the molecule is FC(F)(F)c1ccc(CNCC/C=C(/C2=CCCC=C2)c2ccccc2)cc1. The first-order chi connectivity index (χ1) is 13.5. The molecule has 0 fully saturated rings. The van der Waals surface area contributed by atoms with E-state index in [2.05, 4.69) is 41.8 Å². The molecule has 28 heavy (non-hydrogen) atoms. The molecule has 1 aliphatic carbocycles. The van der Waals surface area contributed by atoms with E-state index in [9.17, 15) is 13.2 Å². The third-order valence-corrected chi connectivity index (χ3v) is 4.67. The van der Waals surface area contributed by atoms with E-state index in [1.807, 2.05) is 18.2 Å². The lowest BCUT2D eigenvalue weighted by Gasteiger charge is -2.13. The van der Waals surface area contributed by atoms with Gasteiger partial charge in [0.25, 0.3) is 0 Å². The van der Waals surface area contributed by atoms with Crippen molar-refractivity contribution in [1.29, 1.82) is 0 Å². The van der Waals surface area contributed by atoms with E-state index in [1.54, 1.807) is 0 Å². The van der Waals surface area contributed by atoms with E-state index in [0.717, 1.165) is 43.5 Å². The largest absolute Gasteiger partial charge is 0.416 e. The number of benzene rings is 2. The molecule has 0 unspecified atom stereocenters. The Kier molecular flexibility index (Phi) is 6.88. The second-order valence-corrected chi connectivity index (χ2v) is 6.78. The van der Waals surface area contributed by atoms with Crippen molar-refractivity contribution in [2.45, 2.75) is 32.0 Å². The van der Waals surface area contributed by atoms with Crippen molar-refractivity contribution in [2.24, 2.45) is 0 Å². The van der Waals surface area contributed by atoms with Gasteiger partial charge in [0, 0.05) is 6.54 Å². The molecule has 0 spiro atoms. The lowest BCUT2D eigenvalue weighted by molar-refractivity contribution is -0.137. The number of allylic oxidation sites excluding steroid dienone is 5. The molecular formula is C24H24F3N. The van der Waals surface area contributed by atoms with Crippen molar-refractivity contribution in [3.63, 3.8) is 0 Å². The normalized spacial score (nSPS) is 14.8. The van der Waals surface area contributed by atoms with Gasteiger partial charge in [-0.15, -0.1) is 0 Å². The van der Waals surface area contributed by atoms with Gasteiger partial charge in [0.1, 0.15) is 0 Å². The van der Waals surface area contributed by atoms with Crippen LogP contribution in [-0.2, 0) is 12.7 Å². The second-order valence-electron chi connectivity index (χ2n) is 6.78. The van der Waals surface area contributed by atoms with E-state index in [4.69, 9.17) is 0 Å². The van der Waals surface area contributed by atoms with Crippen LogP contribution in [0.15, 0.2) is 84.5 Å². The smallest absolute Gasteiger partial charge is 0.312 e. The minimum atomic E-state index is -4.28. The highest BCUT2D eigenvalue weighted by Crippen LogP contribution is 2.29. The average molecular weight is 383 g/mol. The van der Waals surface area contributed by atoms with Gasteiger partial charge in [0.05, 0.1) is 5.56 Å². The van der Waals surface area contributed by atoms with Crippen LogP contribution in [0.5, 0.6) is 0 Å². The molecule has 0 radical (unpaired) electrons. The van der Waals surface area contributed by atoms with Gasteiger partial charge in [-0.1, -0.05) is 66.8 Å². The van der Waals surface area contributed by atoms with Crippen molar-refractivity contribution in [3.8, 4) is 0 Å². The molecule has 1 nitrogen and oxygen atoms in total. The third kappa shape index (κ3) is 5.70. The monoisotopic (exact) mass is 383 g/mol. The number of rotatable bonds is 7. The summed E-state index contributed by atoms with van der Waals surface area (Å²) >= 11 is 0. The Balaban J connectivity index is 1.57. The molecule has 0 aromatic heterocycles. The van der Waals surface area contributed by atoms with Crippen LogP contribution in [0.1, 0.15) is 36.0 Å². The molecule has 2 aromatic carbocycles. The summed E-state index contributed by atoms with van der Waals surface area (Å²) in [4.78, 5) is 0. The summed E-state index contributed by atoms with van der Waals surface area (Å²) in [5.74, 6) is 0. The molecule has 3 rings (SSSR count). The van der Waals surface area contributed by atoms with E-state index in [0.29, 0.717) is 6.54 Å². The summed E-state index contributed by atoms with van der Waals surface area (Å²) in [6.45, 7) is 1.31. The molecule has 0 aliphatic heterocycles. The second kappa shape index (κ2) is 9.56. The molecule has 0 atom stereocenters. The van der Waals surface area contributed by atoms with E-state index >= 15 is 0 Å². The number of halogens is 3. The maximum Gasteiger partial charge on any atom is 0.416 e. The molecule has 0 saturated carbocycles. The minimum absolute atomic E-state index is 0.551. The fourth-order valence-electron chi connectivity index (χ4n) is 3.20. The Hall–Kier alpha value is -2.59. The summed E-state index contributed by atoms with van der Waals surface area (Å²) in [6, 6.07) is 15.6. The van der Waals surface area contributed by atoms with Crippen LogP contribution in [-0.4, -0.2) is 6.54 Å². The maximum absolute atomic E-state index is 12.6. The molecule has 1 N–H and O–H groups in total. The van der Waals surface area contributed by atoms with Crippen molar-refractivity contribution >= 4 is 5.57 Å². The van der Waals surface area contributed by atoms with E-state index in [-0.39, 0.29) is 0 Å². The standard InChI is InChI=1S/C24H24F3N/c25-24(26,27)22-15-13-19(14-16-22)18-28-17-7-12-23(20-8-3-1-4-9-20)21-10-5-2-6-11-21/h1,3-5,8-16,28H,2,6-7,17-18H2/b23-12+. The minimum Gasteiger partial charge on any atom is -0.312 e. The molecule has 1 aliphatic rings. The summed E-state index contributed by atoms with van der Waals surface area (Å²) in [5, 5.41) is 3.31. The quantitative estimate of drug-likeness (QED) is 0.535. The summed E-state index contributed by atoms with van der Waals surface area (Å²) < 4.78 is 37.8. The number of nitrogens with one attached hydrogen (secondary N) is 1. The van der Waals surface area contributed by atoms with Gasteiger partial charge in [-0.05, 0) is 60.2 Å². The lowest BCUT2D eigenvalue weighted by Crippen LogP contribution is -2.14. The van der Waals surface area contributed by atoms with Crippen LogP contribution in [0.2, 0.25) is 0 Å². The van der Waals surface area contributed by atoms with Gasteiger partial charge in [-0.25, -0.2) is 0 Å². The first-order valence-corrected chi connectivity index (χ1v) is 9.53. The fourth-order valence-corrected chi connectivity index (χ4v) is 3.20. The maximum atomic E-state index is 12.6. The highest BCUT2D eigenvalue weighted by Gasteiger charge is 2.29. The topological polar surface area (TPSA) is 12.0 Å². The van der Waals surface area contributed by atoms with Gasteiger partial charge in [-0.2, -0.15) is 13.2 Å². The molecular weight excluding hydrogens is 359 g/mol. The number of hydrogen-bond acceptors (Lipinski definition) is 1. The van der Waals surface area contributed by atoms with Gasteiger partial charge >= 0.3 is 6.18 Å². The van der Waals surface area contributed by atoms with Gasteiger partial charge in [0.15, 0.2) is 0 Å². The van der Waals surface area contributed by atoms with Crippen LogP contribution in [0.4, 0.5) is 13.2 Å². The van der Waals surface area contributed by atoms with Gasteiger partial charge in [0.2, 0.25) is 0 Å². The first kappa shape index (κ1) is 20.2. The van der Waals surface area contributed by atoms with Crippen LogP contribution < -0.4 is 5.32 Å². The van der Waals surface area contributed by atoms with Crippen LogP contribution in [0, 0.1) is 0 Å². The van der Waals surface area contributed by atoms with Crippen molar-refractivity contribution < 1.29 is 13.2 Å². The van der Waals surface area contributed by atoms with Gasteiger partial charge < -0.3 is 5.32 Å². The molecule has 146 valence electrons. The Bertz CT molecular complexity index is 844. The number of alkyl halides is 3. The third-order valence-electron chi connectivity index (χ3n) is 4.67. The van der Waals surface area contributed by atoms with Gasteiger partial charge in [-0.3, -0.25) is 0 Å². The first-order valence-electron chi connectivity index (χ1n) is 9.53. The Labute approximate surface area is 164 Å². The molecule has 2 aromatic rings. The zero-order valence-electron chi connectivity index (χ0n) is 15.7. The molecule has 0 saturated heterocycles. The van der Waals surface area contributed by atoms with Crippen LogP contribution in [0.3, 0.4) is 0 Å². The molecule has 0 bridgehead atoms. The van der Waals surface area contributed by atoms with Crippen molar-refractivity contribution in [2.75, 3.05) is 6.54 Å². The Morgan fingerprint density at radius 3 is 2.36 bits per heavy atom. The fraction of sp³-hybridized carbons (Fsp3) is 0.250.